The van der Waals surface area contributed by atoms with Gasteiger partial charge in [-0.3, -0.25) is 9.59 Å². The Morgan fingerprint density at radius 3 is 2.47 bits per heavy atom. The van der Waals surface area contributed by atoms with Gasteiger partial charge < -0.3 is 14.8 Å². The number of carbonyl (C=O) groups is 3. The molecule has 2 aliphatic rings. The molecule has 1 N–H and O–H groups in total. The Bertz CT molecular complexity index is 1010. The van der Waals surface area contributed by atoms with Crippen LogP contribution in [-0.4, -0.2) is 42.9 Å². The molecule has 6 nitrogen and oxygen atoms in total. The molecule has 0 radical (unpaired) electrons. The fourth-order valence-corrected chi connectivity index (χ4v) is 5.26. The van der Waals surface area contributed by atoms with Crippen LogP contribution in [0.15, 0.2) is 46.8 Å². The van der Waals surface area contributed by atoms with Gasteiger partial charge in [-0.15, -0.1) is 0 Å². The van der Waals surface area contributed by atoms with E-state index in [1.165, 1.54) is 12.7 Å². The summed E-state index contributed by atoms with van der Waals surface area (Å²) in [5.41, 5.74) is 4.34. The maximum Gasteiger partial charge on any atom is 0.336 e. The Labute approximate surface area is 206 Å². The second kappa shape index (κ2) is 11.3. The second-order valence-electron chi connectivity index (χ2n) is 9.19. The Morgan fingerprint density at radius 1 is 1.21 bits per heavy atom. The molecule has 0 amide bonds. The number of thioether (sulfide) groups is 1. The molecule has 1 aliphatic carbocycles. The lowest BCUT2D eigenvalue weighted by Gasteiger charge is -2.38. The van der Waals surface area contributed by atoms with Crippen LogP contribution < -0.4 is 5.32 Å². The third kappa shape index (κ3) is 5.24. The lowest BCUT2D eigenvalue weighted by atomic mass is 9.69. The number of allylic oxidation sites excluding steroid dienone is 3. The molecule has 184 valence electrons. The van der Waals surface area contributed by atoms with Gasteiger partial charge in [0.15, 0.2) is 5.78 Å². The largest absolute Gasteiger partial charge is 0.468 e. The number of rotatable bonds is 8. The van der Waals surface area contributed by atoms with E-state index in [4.69, 9.17) is 9.47 Å². The maximum atomic E-state index is 13.7. The van der Waals surface area contributed by atoms with Gasteiger partial charge in [-0.1, -0.05) is 52.0 Å². The van der Waals surface area contributed by atoms with E-state index in [0.717, 1.165) is 17.0 Å². The van der Waals surface area contributed by atoms with Crippen molar-refractivity contribution in [3.63, 3.8) is 0 Å². The number of carbonyl (C=O) groups excluding carboxylic acids is 3. The molecule has 1 aromatic rings. The van der Waals surface area contributed by atoms with Crippen LogP contribution in [0.5, 0.6) is 0 Å². The maximum absolute atomic E-state index is 13.7. The Balaban J connectivity index is 2.08. The summed E-state index contributed by atoms with van der Waals surface area (Å²) in [5.74, 6) is -0.940. The molecular weight excluding hydrogens is 450 g/mol. The molecule has 1 aliphatic heterocycles. The normalized spacial score (nSPS) is 22.4. The summed E-state index contributed by atoms with van der Waals surface area (Å²) in [4.78, 5) is 39.5. The standard InChI is InChI=1S/C27H35NO5S/c1-7-34-13-12-33-27(31)22-17(5)28-20-14-16(4)21(26(30)32-6)25(29)24(20)23(22)19-10-8-18(9-11-19)15(2)3/h8-11,15-16,21,23,28H,7,12-14H2,1-6H3/t16-,21-,23+/m0/s1. The number of methoxy groups -OCH3 is 1. The highest BCUT2D eigenvalue weighted by Gasteiger charge is 2.47. The summed E-state index contributed by atoms with van der Waals surface area (Å²) in [6, 6.07) is 8.02. The number of Topliss-reactive ketones (excluding diaryl/α,β-unsaturated/α-hetero) is 1. The van der Waals surface area contributed by atoms with Crippen LogP contribution in [0.4, 0.5) is 0 Å². The van der Waals surface area contributed by atoms with Crippen molar-refractivity contribution in [2.24, 2.45) is 11.8 Å². The molecule has 3 rings (SSSR count). The summed E-state index contributed by atoms with van der Waals surface area (Å²) in [5, 5.41) is 3.30. The van der Waals surface area contributed by atoms with Crippen molar-refractivity contribution in [3.8, 4) is 0 Å². The SMILES string of the molecule is CCSCCOC(=O)C1=C(C)NC2=C(C(=O)[C@@H](C(=O)OC)[C@@H](C)C2)[C@@H]1c1ccc(C(C)C)cc1. The van der Waals surface area contributed by atoms with E-state index in [2.05, 4.69) is 26.1 Å². The summed E-state index contributed by atoms with van der Waals surface area (Å²) in [6.45, 7) is 10.3. The lowest BCUT2D eigenvalue weighted by molar-refractivity contribution is -0.151. The third-order valence-corrected chi connectivity index (χ3v) is 7.43. The number of hydrogen-bond donors (Lipinski definition) is 1. The van der Waals surface area contributed by atoms with E-state index >= 15 is 0 Å². The monoisotopic (exact) mass is 485 g/mol. The molecule has 0 saturated heterocycles. The van der Waals surface area contributed by atoms with Crippen LogP contribution in [0.25, 0.3) is 0 Å². The molecule has 0 spiro atoms. The highest BCUT2D eigenvalue weighted by atomic mass is 32.2. The zero-order valence-corrected chi connectivity index (χ0v) is 21.7. The van der Waals surface area contributed by atoms with E-state index in [0.29, 0.717) is 41.5 Å². The first-order chi connectivity index (χ1) is 16.2. The number of hydrogen-bond acceptors (Lipinski definition) is 7. The van der Waals surface area contributed by atoms with E-state index in [1.54, 1.807) is 11.8 Å². The minimum Gasteiger partial charge on any atom is -0.468 e. The van der Waals surface area contributed by atoms with Gasteiger partial charge in [0.2, 0.25) is 0 Å². The summed E-state index contributed by atoms with van der Waals surface area (Å²) >= 11 is 1.70. The summed E-state index contributed by atoms with van der Waals surface area (Å²) in [6.07, 6.45) is 0.522. The van der Waals surface area contributed by atoms with E-state index in [1.807, 2.05) is 38.1 Å². The van der Waals surface area contributed by atoms with Crippen molar-refractivity contribution in [1.29, 1.82) is 0 Å². The molecule has 34 heavy (non-hydrogen) atoms. The van der Waals surface area contributed by atoms with Crippen LogP contribution in [0.3, 0.4) is 0 Å². The molecule has 0 fully saturated rings. The van der Waals surface area contributed by atoms with Gasteiger partial charge >= 0.3 is 11.9 Å². The number of ether oxygens (including phenoxy) is 2. The molecule has 0 bridgehead atoms. The van der Waals surface area contributed by atoms with Crippen molar-refractivity contribution in [2.45, 2.75) is 52.9 Å². The average Bonchev–Trinajstić information content (AvgIpc) is 2.80. The van der Waals surface area contributed by atoms with Crippen molar-refractivity contribution >= 4 is 29.5 Å². The Morgan fingerprint density at radius 2 is 1.88 bits per heavy atom. The molecular formula is C27H35NO5S. The lowest BCUT2D eigenvalue weighted by Crippen LogP contribution is -2.43. The number of esters is 2. The van der Waals surface area contributed by atoms with Crippen LogP contribution in [0.1, 0.15) is 64.0 Å². The van der Waals surface area contributed by atoms with Gasteiger partial charge in [0.05, 0.1) is 12.7 Å². The van der Waals surface area contributed by atoms with Crippen molar-refractivity contribution < 1.29 is 23.9 Å². The predicted molar refractivity (Wildman–Crippen MR) is 134 cm³/mol. The summed E-state index contributed by atoms with van der Waals surface area (Å²) in [7, 11) is 1.30. The highest BCUT2D eigenvalue weighted by molar-refractivity contribution is 7.99. The molecule has 1 heterocycles. The molecule has 0 aromatic heterocycles. The number of nitrogens with one attached hydrogen (secondary N) is 1. The first kappa shape index (κ1) is 26.1. The first-order valence-electron chi connectivity index (χ1n) is 11.9. The van der Waals surface area contributed by atoms with Crippen molar-refractivity contribution in [1.82, 2.24) is 5.32 Å². The van der Waals surface area contributed by atoms with E-state index in [9.17, 15) is 14.4 Å². The van der Waals surface area contributed by atoms with E-state index < -0.39 is 23.8 Å². The van der Waals surface area contributed by atoms with E-state index in [-0.39, 0.29) is 11.7 Å². The number of dihydropyridines is 1. The number of benzene rings is 1. The zero-order valence-electron chi connectivity index (χ0n) is 20.9. The van der Waals surface area contributed by atoms with Gasteiger partial charge in [0.25, 0.3) is 0 Å². The topological polar surface area (TPSA) is 81.7 Å². The van der Waals surface area contributed by atoms with Crippen LogP contribution in [0.2, 0.25) is 0 Å². The van der Waals surface area contributed by atoms with Crippen LogP contribution >= 0.6 is 11.8 Å². The predicted octanol–water partition coefficient (Wildman–Crippen LogP) is 4.72. The van der Waals surface area contributed by atoms with Gasteiger partial charge in [-0.2, -0.15) is 11.8 Å². The first-order valence-corrected chi connectivity index (χ1v) is 13.0. The van der Waals surface area contributed by atoms with Crippen molar-refractivity contribution in [3.05, 3.63) is 57.9 Å². The van der Waals surface area contributed by atoms with Gasteiger partial charge in [0, 0.05) is 28.6 Å². The average molecular weight is 486 g/mol. The van der Waals surface area contributed by atoms with Crippen molar-refractivity contribution in [2.75, 3.05) is 25.2 Å². The molecule has 0 unspecified atom stereocenters. The fraction of sp³-hybridized carbons (Fsp3) is 0.519. The summed E-state index contributed by atoms with van der Waals surface area (Å²) < 4.78 is 10.6. The molecule has 0 saturated carbocycles. The second-order valence-corrected chi connectivity index (χ2v) is 10.6. The van der Waals surface area contributed by atoms with Gasteiger partial charge in [0.1, 0.15) is 12.5 Å². The van der Waals surface area contributed by atoms with Crippen LogP contribution in [0, 0.1) is 11.8 Å². The van der Waals surface area contributed by atoms with Crippen LogP contribution in [-0.2, 0) is 23.9 Å². The fourth-order valence-electron chi connectivity index (χ4n) is 4.77. The number of ketones is 1. The molecule has 1 aromatic carbocycles. The highest BCUT2D eigenvalue weighted by Crippen LogP contribution is 2.45. The Hall–Kier alpha value is -2.54. The smallest absolute Gasteiger partial charge is 0.336 e. The molecule has 3 atom stereocenters. The van der Waals surface area contributed by atoms with Gasteiger partial charge in [-0.05, 0) is 42.1 Å². The quantitative estimate of drug-likeness (QED) is 0.324. The Kier molecular flexibility index (Phi) is 8.63. The van der Waals surface area contributed by atoms with Gasteiger partial charge in [-0.25, -0.2) is 4.79 Å². The zero-order chi connectivity index (χ0) is 25.0. The third-order valence-electron chi connectivity index (χ3n) is 6.56. The minimum absolute atomic E-state index is 0.206. The minimum atomic E-state index is -0.889. The molecule has 7 heteroatoms.